The smallest absolute Gasteiger partial charge is 0.227 e. The molecule has 1 atom stereocenters. The molecule has 0 spiro atoms. The molecule has 1 aliphatic rings. The van der Waals surface area contributed by atoms with Gasteiger partial charge >= 0.3 is 0 Å². The fourth-order valence-corrected chi connectivity index (χ4v) is 3.56. The summed E-state index contributed by atoms with van der Waals surface area (Å²) in [6, 6.07) is 9.52. The van der Waals surface area contributed by atoms with Crippen LogP contribution in [0.1, 0.15) is 6.42 Å². The van der Waals surface area contributed by atoms with Crippen LogP contribution >= 0.6 is 0 Å². The van der Waals surface area contributed by atoms with Gasteiger partial charge in [0.15, 0.2) is 0 Å². The Morgan fingerprint density at radius 2 is 2.10 bits per heavy atom. The van der Waals surface area contributed by atoms with Gasteiger partial charge in [-0.1, -0.05) is 18.2 Å². The number of primary sulfonamides is 1. The maximum Gasteiger partial charge on any atom is 0.227 e. The molecule has 1 amide bonds. The van der Waals surface area contributed by atoms with E-state index in [1.807, 2.05) is 30.3 Å². The lowest BCUT2D eigenvalue weighted by Gasteiger charge is -2.16. The standard InChI is InChI=1S/C14H15N3O3S/c15-21(19,20)9-10-5-14(18)17(8-10)12-6-11-3-1-2-4-13(11)16-7-12/h1-4,6-7,10H,5,8-9H2,(H2,15,19,20). The SMILES string of the molecule is NS(=O)(=O)CC1CC(=O)N(c2cnc3ccccc3c2)C1. The van der Waals surface area contributed by atoms with Crippen molar-refractivity contribution in [3.63, 3.8) is 0 Å². The first-order valence-corrected chi connectivity index (χ1v) is 8.29. The Kier molecular flexibility index (Phi) is 3.38. The van der Waals surface area contributed by atoms with E-state index in [9.17, 15) is 13.2 Å². The number of fused-ring (bicyclic) bond motifs is 1. The van der Waals surface area contributed by atoms with Crippen LogP contribution in [-0.2, 0) is 14.8 Å². The minimum Gasteiger partial charge on any atom is -0.311 e. The predicted octanol–water partition coefficient (Wildman–Crippen LogP) is 0.876. The molecule has 1 fully saturated rings. The van der Waals surface area contributed by atoms with E-state index >= 15 is 0 Å². The van der Waals surface area contributed by atoms with E-state index in [1.54, 1.807) is 11.1 Å². The van der Waals surface area contributed by atoms with E-state index in [0.29, 0.717) is 12.2 Å². The molecule has 1 aromatic carbocycles. The Hall–Kier alpha value is -1.99. The van der Waals surface area contributed by atoms with E-state index < -0.39 is 10.0 Å². The highest BCUT2D eigenvalue weighted by Gasteiger charge is 2.32. The van der Waals surface area contributed by atoms with Crippen LogP contribution in [-0.4, -0.2) is 31.6 Å². The third-order valence-corrected chi connectivity index (χ3v) is 4.50. The zero-order chi connectivity index (χ0) is 15.0. The number of aromatic nitrogens is 1. The molecule has 7 heteroatoms. The molecule has 6 nitrogen and oxygen atoms in total. The second-order valence-corrected chi connectivity index (χ2v) is 6.95. The third kappa shape index (κ3) is 3.03. The summed E-state index contributed by atoms with van der Waals surface area (Å²) >= 11 is 0. The van der Waals surface area contributed by atoms with Crippen molar-refractivity contribution in [2.24, 2.45) is 11.1 Å². The molecule has 21 heavy (non-hydrogen) atoms. The Morgan fingerprint density at radius 1 is 1.33 bits per heavy atom. The maximum atomic E-state index is 12.1. The number of carbonyl (C=O) groups is 1. The Labute approximate surface area is 122 Å². The van der Waals surface area contributed by atoms with Crippen LogP contribution in [0, 0.1) is 5.92 Å². The number of rotatable bonds is 3. The van der Waals surface area contributed by atoms with Crippen LogP contribution in [0.2, 0.25) is 0 Å². The zero-order valence-corrected chi connectivity index (χ0v) is 12.1. The van der Waals surface area contributed by atoms with Crippen LogP contribution in [0.15, 0.2) is 36.5 Å². The molecule has 3 rings (SSSR count). The summed E-state index contributed by atoms with van der Waals surface area (Å²) in [4.78, 5) is 18.0. The zero-order valence-electron chi connectivity index (χ0n) is 11.3. The van der Waals surface area contributed by atoms with Crippen LogP contribution in [0.25, 0.3) is 10.9 Å². The normalized spacial score (nSPS) is 19.4. The van der Waals surface area contributed by atoms with E-state index in [2.05, 4.69) is 4.98 Å². The molecule has 1 unspecified atom stereocenters. The number of amides is 1. The van der Waals surface area contributed by atoms with E-state index in [-0.39, 0.29) is 24.0 Å². The van der Waals surface area contributed by atoms with Crippen LogP contribution in [0.3, 0.4) is 0 Å². The fourth-order valence-electron chi connectivity index (χ4n) is 2.68. The van der Waals surface area contributed by atoms with Gasteiger partial charge in [0.25, 0.3) is 0 Å². The number of carbonyl (C=O) groups excluding carboxylic acids is 1. The molecule has 1 aromatic heterocycles. The average molecular weight is 305 g/mol. The maximum absolute atomic E-state index is 12.1. The molecule has 0 radical (unpaired) electrons. The molecule has 2 heterocycles. The lowest BCUT2D eigenvalue weighted by molar-refractivity contribution is -0.117. The molecular formula is C14H15N3O3S. The van der Waals surface area contributed by atoms with Crippen LogP contribution in [0.5, 0.6) is 0 Å². The van der Waals surface area contributed by atoms with Gasteiger partial charge in [-0.2, -0.15) is 0 Å². The fraction of sp³-hybridized carbons (Fsp3) is 0.286. The van der Waals surface area contributed by atoms with Crippen LogP contribution in [0.4, 0.5) is 5.69 Å². The van der Waals surface area contributed by atoms with Crippen molar-refractivity contribution in [1.82, 2.24) is 4.98 Å². The summed E-state index contributed by atoms with van der Waals surface area (Å²) < 4.78 is 22.3. The summed E-state index contributed by atoms with van der Waals surface area (Å²) in [5.74, 6) is -0.532. The molecule has 0 aliphatic carbocycles. The monoisotopic (exact) mass is 305 g/mol. The van der Waals surface area contributed by atoms with Gasteiger partial charge in [-0.15, -0.1) is 0 Å². The molecule has 1 aliphatic heterocycles. The number of benzene rings is 1. The number of anilines is 1. The second kappa shape index (κ2) is 5.09. The summed E-state index contributed by atoms with van der Waals surface area (Å²) in [6.45, 7) is 0.356. The van der Waals surface area contributed by atoms with Crippen molar-refractivity contribution in [3.8, 4) is 0 Å². The van der Waals surface area contributed by atoms with Gasteiger partial charge in [0, 0.05) is 24.3 Å². The molecule has 0 bridgehead atoms. The first-order valence-electron chi connectivity index (χ1n) is 6.58. The number of pyridine rings is 1. The number of nitrogens with zero attached hydrogens (tertiary/aromatic N) is 2. The van der Waals surface area contributed by atoms with Crippen molar-refractivity contribution in [1.29, 1.82) is 0 Å². The van der Waals surface area contributed by atoms with Gasteiger partial charge < -0.3 is 4.90 Å². The minimum atomic E-state index is -3.57. The minimum absolute atomic E-state index is 0.0965. The topological polar surface area (TPSA) is 93.4 Å². The molecule has 1 saturated heterocycles. The molecule has 2 aromatic rings. The van der Waals surface area contributed by atoms with Gasteiger partial charge in [-0.25, -0.2) is 13.6 Å². The Balaban J connectivity index is 1.87. The lowest BCUT2D eigenvalue weighted by atomic mass is 10.1. The first kappa shape index (κ1) is 14.0. The van der Waals surface area contributed by atoms with Gasteiger partial charge in [0.1, 0.15) is 0 Å². The second-order valence-electron chi connectivity index (χ2n) is 5.29. The number of sulfonamides is 1. The highest BCUT2D eigenvalue weighted by molar-refractivity contribution is 7.89. The lowest BCUT2D eigenvalue weighted by Crippen LogP contribution is -2.27. The van der Waals surface area contributed by atoms with Gasteiger partial charge in [0.2, 0.25) is 15.9 Å². The van der Waals surface area contributed by atoms with Crippen LogP contribution < -0.4 is 10.0 Å². The van der Waals surface area contributed by atoms with E-state index in [4.69, 9.17) is 5.14 Å². The molecular weight excluding hydrogens is 290 g/mol. The largest absolute Gasteiger partial charge is 0.311 e. The highest BCUT2D eigenvalue weighted by atomic mass is 32.2. The predicted molar refractivity (Wildman–Crippen MR) is 80.2 cm³/mol. The first-order chi connectivity index (χ1) is 9.92. The van der Waals surface area contributed by atoms with Crippen molar-refractivity contribution in [2.75, 3.05) is 17.2 Å². The summed E-state index contributed by atoms with van der Waals surface area (Å²) in [5, 5.41) is 5.99. The van der Waals surface area contributed by atoms with Crippen molar-refractivity contribution >= 4 is 32.5 Å². The molecule has 0 saturated carbocycles. The van der Waals surface area contributed by atoms with Gasteiger partial charge in [-0.3, -0.25) is 9.78 Å². The molecule has 2 N–H and O–H groups in total. The van der Waals surface area contributed by atoms with E-state index in [1.165, 1.54) is 0 Å². The van der Waals surface area contributed by atoms with Crippen molar-refractivity contribution < 1.29 is 13.2 Å². The summed E-state index contributed by atoms with van der Waals surface area (Å²) in [7, 11) is -3.57. The number of hydrogen-bond acceptors (Lipinski definition) is 4. The Bertz CT molecular complexity index is 804. The van der Waals surface area contributed by atoms with Crippen molar-refractivity contribution in [3.05, 3.63) is 36.5 Å². The van der Waals surface area contributed by atoms with Crippen molar-refractivity contribution in [2.45, 2.75) is 6.42 Å². The average Bonchev–Trinajstić information content (AvgIpc) is 2.76. The third-order valence-electron chi connectivity index (χ3n) is 3.56. The quantitative estimate of drug-likeness (QED) is 0.910. The summed E-state index contributed by atoms with van der Waals surface area (Å²) in [5.41, 5.74) is 1.55. The molecule has 110 valence electrons. The number of para-hydroxylation sites is 1. The number of nitrogens with two attached hydrogens (primary N) is 1. The van der Waals surface area contributed by atoms with Gasteiger partial charge in [-0.05, 0) is 12.1 Å². The number of hydrogen-bond donors (Lipinski definition) is 1. The highest BCUT2D eigenvalue weighted by Crippen LogP contribution is 2.27. The summed E-state index contributed by atoms with van der Waals surface area (Å²) in [6.07, 6.45) is 1.84. The van der Waals surface area contributed by atoms with Gasteiger partial charge in [0.05, 0.1) is 23.2 Å². The Morgan fingerprint density at radius 3 is 2.86 bits per heavy atom. The van der Waals surface area contributed by atoms with E-state index in [0.717, 1.165) is 10.9 Å².